The van der Waals surface area contributed by atoms with Crippen LogP contribution in [-0.2, 0) is 6.42 Å². The number of rotatable bonds is 4. The molecule has 4 nitrogen and oxygen atoms in total. The number of fused-ring (bicyclic) bond motifs is 1. The van der Waals surface area contributed by atoms with Gasteiger partial charge in [-0.15, -0.1) is 11.3 Å². The van der Waals surface area contributed by atoms with Crippen molar-refractivity contribution in [3.63, 3.8) is 0 Å². The van der Waals surface area contributed by atoms with Gasteiger partial charge in [-0.3, -0.25) is 0 Å². The van der Waals surface area contributed by atoms with E-state index >= 15 is 0 Å². The molecule has 0 aliphatic heterocycles. The lowest BCUT2D eigenvalue weighted by Crippen LogP contribution is -2.11. The van der Waals surface area contributed by atoms with Crippen LogP contribution in [0.1, 0.15) is 27.1 Å². The van der Waals surface area contributed by atoms with Crippen molar-refractivity contribution in [1.29, 1.82) is 5.26 Å². The second-order valence-corrected chi connectivity index (χ2v) is 7.58. The van der Waals surface area contributed by atoms with E-state index in [0.717, 1.165) is 10.4 Å². The summed E-state index contributed by atoms with van der Waals surface area (Å²) in [6, 6.07) is 17.4. The van der Waals surface area contributed by atoms with E-state index in [2.05, 4.69) is 6.07 Å². The largest absolute Gasteiger partial charge is 0.457 e. The molecule has 0 saturated heterocycles. The third-order valence-corrected chi connectivity index (χ3v) is 5.54. The summed E-state index contributed by atoms with van der Waals surface area (Å²) >= 11 is 1.55. The minimum atomic E-state index is -0.477. The lowest BCUT2D eigenvalue weighted by atomic mass is 9.98. The van der Waals surface area contributed by atoms with Gasteiger partial charge in [0, 0.05) is 22.2 Å². The summed E-state index contributed by atoms with van der Waals surface area (Å²) in [6.45, 7) is 3.77. The zero-order chi connectivity index (χ0) is 19.7. The Hall–Kier alpha value is -3.36. The number of nitriles is 1. The third-order valence-electron chi connectivity index (χ3n) is 4.66. The van der Waals surface area contributed by atoms with Crippen molar-refractivity contribution in [1.82, 2.24) is 0 Å². The summed E-state index contributed by atoms with van der Waals surface area (Å²) in [4.78, 5) is 13.7. The zero-order valence-electron chi connectivity index (χ0n) is 15.5. The normalized spacial score (nSPS) is 10.8. The molecule has 4 aromatic rings. The summed E-state index contributed by atoms with van der Waals surface area (Å²) in [5.41, 5.74) is 2.27. The molecule has 0 aliphatic carbocycles. The van der Waals surface area contributed by atoms with Gasteiger partial charge in [-0.1, -0.05) is 24.3 Å². The lowest BCUT2D eigenvalue weighted by Gasteiger charge is -2.15. The molecule has 0 aliphatic rings. The van der Waals surface area contributed by atoms with Crippen molar-refractivity contribution >= 4 is 22.3 Å². The Bertz CT molecular complexity index is 1250. The first kappa shape index (κ1) is 18.0. The van der Waals surface area contributed by atoms with E-state index in [1.54, 1.807) is 11.3 Å². The minimum absolute atomic E-state index is 0.372. The second-order valence-electron chi connectivity index (χ2n) is 6.55. The monoisotopic (exact) mass is 387 g/mol. The standard InChI is InChI=1S/C23H17NO3S/c1-14-11-18-20(13-24)19(12-17-9-6-10-28-17)23(25)27-22(18)15(2)21(14)26-16-7-4-3-5-8-16/h3-11H,12H2,1-2H3. The highest BCUT2D eigenvalue weighted by Crippen LogP contribution is 2.36. The summed E-state index contributed by atoms with van der Waals surface area (Å²) in [5, 5.41) is 12.4. The van der Waals surface area contributed by atoms with Gasteiger partial charge in [-0.2, -0.15) is 5.26 Å². The number of nitrogens with zero attached hydrogens (tertiary/aromatic N) is 1. The van der Waals surface area contributed by atoms with E-state index < -0.39 is 5.63 Å². The Morgan fingerprint density at radius 1 is 1.14 bits per heavy atom. The number of ether oxygens (including phenoxy) is 1. The van der Waals surface area contributed by atoms with E-state index in [0.29, 0.717) is 45.6 Å². The Morgan fingerprint density at radius 2 is 1.93 bits per heavy atom. The van der Waals surface area contributed by atoms with Crippen LogP contribution < -0.4 is 10.4 Å². The molecule has 2 aromatic heterocycles. The number of benzene rings is 2. The van der Waals surface area contributed by atoms with Crippen LogP contribution in [0.5, 0.6) is 11.5 Å². The van der Waals surface area contributed by atoms with Crippen LogP contribution in [0.2, 0.25) is 0 Å². The number of para-hydroxylation sites is 1. The van der Waals surface area contributed by atoms with Gasteiger partial charge < -0.3 is 9.15 Å². The fraction of sp³-hybridized carbons (Fsp3) is 0.130. The van der Waals surface area contributed by atoms with Gasteiger partial charge >= 0.3 is 5.63 Å². The van der Waals surface area contributed by atoms with E-state index in [4.69, 9.17) is 9.15 Å². The molecule has 28 heavy (non-hydrogen) atoms. The SMILES string of the molecule is Cc1cc2c(C#N)c(Cc3cccs3)c(=O)oc2c(C)c1Oc1ccccc1. The maximum absolute atomic E-state index is 12.7. The quantitative estimate of drug-likeness (QED) is 0.420. The van der Waals surface area contributed by atoms with Crippen molar-refractivity contribution in [2.45, 2.75) is 20.3 Å². The molecule has 138 valence electrons. The molecule has 0 bridgehead atoms. The average molecular weight is 387 g/mol. The van der Waals surface area contributed by atoms with Gasteiger partial charge in [-0.25, -0.2) is 4.79 Å². The van der Waals surface area contributed by atoms with Crippen molar-refractivity contribution < 1.29 is 9.15 Å². The first-order chi connectivity index (χ1) is 13.6. The average Bonchev–Trinajstić information content (AvgIpc) is 3.21. The molecule has 0 amide bonds. The highest BCUT2D eigenvalue weighted by atomic mass is 32.1. The predicted molar refractivity (Wildman–Crippen MR) is 110 cm³/mol. The van der Waals surface area contributed by atoms with Crippen molar-refractivity contribution in [2.24, 2.45) is 0 Å². The van der Waals surface area contributed by atoms with Crippen LogP contribution in [0.4, 0.5) is 0 Å². The fourth-order valence-electron chi connectivity index (χ4n) is 3.32. The first-order valence-electron chi connectivity index (χ1n) is 8.83. The molecule has 0 spiro atoms. The minimum Gasteiger partial charge on any atom is -0.457 e. The summed E-state index contributed by atoms with van der Waals surface area (Å²) in [7, 11) is 0. The zero-order valence-corrected chi connectivity index (χ0v) is 16.3. The Morgan fingerprint density at radius 3 is 2.61 bits per heavy atom. The summed E-state index contributed by atoms with van der Waals surface area (Å²) in [5.74, 6) is 1.34. The number of hydrogen-bond acceptors (Lipinski definition) is 5. The molecular formula is C23H17NO3S. The van der Waals surface area contributed by atoms with Crippen molar-refractivity contribution in [3.8, 4) is 17.6 Å². The third kappa shape index (κ3) is 3.19. The first-order valence-corrected chi connectivity index (χ1v) is 9.71. The lowest BCUT2D eigenvalue weighted by molar-refractivity contribution is 0.472. The molecule has 0 unspecified atom stereocenters. The number of aryl methyl sites for hydroxylation is 2. The van der Waals surface area contributed by atoms with Gasteiger partial charge in [0.25, 0.3) is 0 Å². The highest BCUT2D eigenvalue weighted by molar-refractivity contribution is 7.09. The van der Waals surface area contributed by atoms with Crippen LogP contribution in [-0.4, -0.2) is 0 Å². The molecule has 0 fully saturated rings. The van der Waals surface area contributed by atoms with Gasteiger partial charge in [0.2, 0.25) is 0 Å². The fourth-order valence-corrected chi connectivity index (χ4v) is 4.04. The molecule has 2 aromatic carbocycles. The Kier molecular flexibility index (Phi) is 4.72. The summed E-state index contributed by atoms with van der Waals surface area (Å²) in [6.07, 6.45) is 0.388. The predicted octanol–water partition coefficient (Wildman–Crippen LogP) is 5.73. The van der Waals surface area contributed by atoms with Crippen LogP contribution in [0.15, 0.2) is 63.1 Å². The molecule has 0 saturated carbocycles. The number of hydrogen-bond donors (Lipinski definition) is 0. The molecule has 0 atom stereocenters. The number of thiophene rings is 1. The van der Waals surface area contributed by atoms with E-state index in [1.165, 1.54) is 0 Å². The van der Waals surface area contributed by atoms with Crippen molar-refractivity contribution in [2.75, 3.05) is 0 Å². The Labute approximate surface area is 166 Å². The maximum Gasteiger partial charge on any atom is 0.341 e. The second kappa shape index (κ2) is 7.34. The summed E-state index contributed by atoms with van der Waals surface area (Å²) < 4.78 is 11.7. The topological polar surface area (TPSA) is 63.2 Å². The van der Waals surface area contributed by atoms with E-state index in [1.807, 2.05) is 67.8 Å². The molecule has 2 heterocycles. The molecule has 0 radical (unpaired) electrons. The van der Waals surface area contributed by atoms with Crippen LogP contribution in [0.25, 0.3) is 11.0 Å². The Balaban J connectivity index is 1.90. The van der Waals surface area contributed by atoms with Crippen LogP contribution in [0, 0.1) is 25.2 Å². The van der Waals surface area contributed by atoms with Gasteiger partial charge in [0.1, 0.15) is 23.2 Å². The van der Waals surface area contributed by atoms with Gasteiger partial charge in [-0.05, 0) is 49.1 Å². The molecular weight excluding hydrogens is 370 g/mol. The highest BCUT2D eigenvalue weighted by Gasteiger charge is 2.20. The molecule has 5 heteroatoms. The van der Waals surface area contributed by atoms with E-state index in [9.17, 15) is 10.1 Å². The van der Waals surface area contributed by atoms with Crippen LogP contribution >= 0.6 is 11.3 Å². The van der Waals surface area contributed by atoms with Crippen LogP contribution in [0.3, 0.4) is 0 Å². The maximum atomic E-state index is 12.7. The van der Waals surface area contributed by atoms with E-state index in [-0.39, 0.29) is 0 Å². The van der Waals surface area contributed by atoms with Crippen molar-refractivity contribution in [3.05, 3.63) is 91.5 Å². The van der Waals surface area contributed by atoms with Gasteiger partial charge in [0.15, 0.2) is 0 Å². The molecule has 0 N–H and O–H groups in total. The smallest absolute Gasteiger partial charge is 0.341 e. The molecule has 4 rings (SSSR count). The van der Waals surface area contributed by atoms with Gasteiger partial charge in [0.05, 0.1) is 11.1 Å².